The van der Waals surface area contributed by atoms with Gasteiger partial charge < -0.3 is 15.4 Å². The summed E-state index contributed by atoms with van der Waals surface area (Å²) >= 11 is 0. The lowest BCUT2D eigenvalue weighted by molar-refractivity contribution is 0.102. The van der Waals surface area contributed by atoms with Crippen molar-refractivity contribution in [2.45, 2.75) is 13.3 Å². The van der Waals surface area contributed by atoms with E-state index in [0.717, 1.165) is 17.7 Å². The zero-order valence-electron chi connectivity index (χ0n) is 15.7. The Labute approximate surface area is 162 Å². The van der Waals surface area contributed by atoms with Gasteiger partial charge in [-0.25, -0.2) is 14.4 Å². The largest absolute Gasteiger partial charge is 0.497 e. The molecule has 0 aliphatic heterocycles. The number of amides is 1. The van der Waals surface area contributed by atoms with E-state index < -0.39 is 11.7 Å². The zero-order valence-corrected chi connectivity index (χ0v) is 15.7. The van der Waals surface area contributed by atoms with E-state index in [0.29, 0.717) is 18.2 Å². The van der Waals surface area contributed by atoms with Gasteiger partial charge in [0.25, 0.3) is 5.91 Å². The molecule has 6 nitrogen and oxygen atoms in total. The molecule has 0 aliphatic rings. The minimum atomic E-state index is -0.502. The van der Waals surface area contributed by atoms with Gasteiger partial charge in [0.1, 0.15) is 17.3 Å². The number of carbonyl (C=O) groups excluding carboxylic acids is 1. The van der Waals surface area contributed by atoms with E-state index in [4.69, 9.17) is 4.74 Å². The smallest absolute Gasteiger partial charge is 0.274 e. The average Bonchev–Trinajstić information content (AvgIpc) is 2.69. The molecule has 0 fully saturated rings. The Hall–Kier alpha value is -3.48. The summed E-state index contributed by atoms with van der Waals surface area (Å²) in [5.74, 6) is 0.155. The Morgan fingerprint density at radius 1 is 1.11 bits per heavy atom. The van der Waals surface area contributed by atoms with Gasteiger partial charge in [0, 0.05) is 12.2 Å². The zero-order chi connectivity index (χ0) is 19.9. The van der Waals surface area contributed by atoms with E-state index in [2.05, 4.69) is 20.6 Å². The maximum atomic E-state index is 13.7. The van der Waals surface area contributed by atoms with Crippen molar-refractivity contribution in [1.82, 2.24) is 9.97 Å². The van der Waals surface area contributed by atoms with Gasteiger partial charge in [0.15, 0.2) is 0 Å². The van der Waals surface area contributed by atoms with Crippen molar-refractivity contribution in [2.75, 3.05) is 24.3 Å². The van der Waals surface area contributed by atoms with Crippen LogP contribution in [0.3, 0.4) is 0 Å². The second-order valence-corrected chi connectivity index (χ2v) is 6.18. The van der Waals surface area contributed by atoms with Crippen LogP contribution in [0, 0.1) is 12.7 Å². The lowest BCUT2D eigenvalue weighted by Gasteiger charge is -2.10. The van der Waals surface area contributed by atoms with E-state index in [1.807, 2.05) is 24.3 Å². The third-order valence-corrected chi connectivity index (χ3v) is 4.04. The van der Waals surface area contributed by atoms with Crippen molar-refractivity contribution in [2.24, 2.45) is 0 Å². The Morgan fingerprint density at radius 3 is 2.71 bits per heavy atom. The van der Waals surface area contributed by atoms with Gasteiger partial charge in [-0.1, -0.05) is 24.3 Å². The van der Waals surface area contributed by atoms with Crippen LogP contribution in [0.5, 0.6) is 5.75 Å². The molecule has 0 aliphatic carbocycles. The number of benzene rings is 2. The summed E-state index contributed by atoms with van der Waals surface area (Å²) in [6.07, 6.45) is 0.741. The molecule has 0 atom stereocenters. The number of hydrogen-bond acceptors (Lipinski definition) is 5. The second kappa shape index (κ2) is 8.94. The Bertz CT molecular complexity index is 978. The number of hydrogen-bond donors (Lipinski definition) is 2. The topological polar surface area (TPSA) is 76.1 Å². The van der Waals surface area contributed by atoms with Crippen LogP contribution < -0.4 is 15.4 Å². The third-order valence-electron chi connectivity index (χ3n) is 4.04. The quantitative estimate of drug-likeness (QED) is 0.651. The number of anilines is 2. The third kappa shape index (κ3) is 5.03. The number of nitrogens with one attached hydrogen (secondary N) is 2. The molecule has 0 bridgehead atoms. The lowest BCUT2D eigenvalue weighted by Crippen LogP contribution is -2.17. The van der Waals surface area contributed by atoms with E-state index in [-0.39, 0.29) is 11.4 Å². The van der Waals surface area contributed by atoms with Crippen molar-refractivity contribution < 1.29 is 13.9 Å². The molecule has 0 unspecified atom stereocenters. The molecule has 0 saturated carbocycles. The van der Waals surface area contributed by atoms with Crippen LogP contribution >= 0.6 is 0 Å². The van der Waals surface area contributed by atoms with Crippen LogP contribution in [0.2, 0.25) is 0 Å². The maximum absolute atomic E-state index is 13.7. The van der Waals surface area contributed by atoms with Crippen LogP contribution in [-0.2, 0) is 6.42 Å². The van der Waals surface area contributed by atoms with Crippen LogP contribution in [0.1, 0.15) is 21.7 Å². The molecule has 2 N–H and O–H groups in total. The van der Waals surface area contributed by atoms with E-state index in [1.165, 1.54) is 12.1 Å². The summed E-state index contributed by atoms with van der Waals surface area (Å²) in [6, 6.07) is 15.3. The van der Waals surface area contributed by atoms with Gasteiger partial charge in [-0.15, -0.1) is 0 Å². The number of rotatable bonds is 7. The molecule has 3 aromatic rings. The first-order valence-corrected chi connectivity index (χ1v) is 8.83. The highest BCUT2D eigenvalue weighted by Crippen LogP contribution is 2.15. The molecule has 3 rings (SSSR count). The molecule has 1 aromatic heterocycles. The monoisotopic (exact) mass is 380 g/mol. The molecule has 0 spiro atoms. The molecule has 28 heavy (non-hydrogen) atoms. The molecule has 1 heterocycles. The van der Waals surface area contributed by atoms with Crippen molar-refractivity contribution in [3.8, 4) is 5.75 Å². The predicted molar refractivity (Wildman–Crippen MR) is 106 cm³/mol. The van der Waals surface area contributed by atoms with Gasteiger partial charge in [-0.3, -0.25) is 4.79 Å². The minimum absolute atomic E-state index is 0.108. The van der Waals surface area contributed by atoms with Gasteiger partial charge in [0.2, 0.25) is 5.95 Å². The minimum Gasteiger partial charge on any atom is -0.497 e. The summed E-state index contributed by atoms with van der Waals surface area (Å²) in [4.78, 5) is 21.0. The fourth-order valence-electron chi connectivity index (χ4n) is 2.66. The molecule has 0 saturated heterocycles. The number of carbonyl (C=O) groups is 1. The van der Waals surface area contributed by atoms with Crippen LogP contribution in [0.15, 0.2) is 54.6 Å². The van der Waals surface area contributed by atoms with E-state index in [1.54, 1.807) is 32.2 Å². The number of nitrogens with zero attached hydrogens (tertiary/aromatic N) is 2. The summed E-state index contributed by atoms with van der Waals surface area (Å²) in [7, 11) is 1.63. The first-order valence-electron chi connectivity index (χ1n) is 8.83. The summed E-state index contributed by atoms with van der Waals surface area (Å²) < 4.78 is 19.0. The fraction of sp³-hybridized carbons (Fsp3) is 0.190. The van der Waals surface area contributed by atoms with Crippen molar-refractivity contribution in [3.05, 3.63) is 77.4 Å². The summed E-state index contributed by atoms with van der Waals surface area (Å²) in [5, 5.41) is 5.65. The SMILES string of the molecule is COc1cccc(CCNc2nc(C)cc(C(=O)Nc3ccccc3F)n2)c1. The Morgan fingerprint density at radius 2 is 1.93 bits per heavy atom. The standard InChI is InChI=1S/C21H21FN4O2/c1-14-12-19(20(27)25-18-9-4-3-8-17(18)22)26-21(24-14)23-11-10-15-6-5-7-16(13-15)28-2/h3-9,12-13H,10-11H2,1-2H3,(H,25,27)(H,23,24,26). The number of para-hydroxylation sites is 1. The van der Waals surface area contributed by atoms with Crippen molar-refractivity contribution in [1.29, 1.82) is 0 Å². The van der Waals surface area contributed by atoms with Crippen LogP contribution in [-0.4, -0.2) is 29.5 Å². The first kappa shape index (κ1) is 19.3. The molecule has 144 valence electrons. The van der Waals surface area contributed by atoms with E-state index in [9.17, 15) is 9.18 Å². The number of aryl methyl sites for hydroxylation is 1. The highest BCUT2D eigenvalue weighted by molar-refractivity contribution is 6.03. The molecule has 2 aromatic carbocycles. The molecular weight excluding hydrogens is 359 g/mol. The van der Waals surface area contributed by atoms with E-state index >= 15 is 0 Å². The van der Waals surface area contributed by atoms with Gasteiger partial charge in [-0.05, 0) is 49.2 Å². The molecule has 1 amide bonds. The maximum Gasteiger partial charge on any atom is 0.274 e. The van der Waals surface area contributed by atoms with Crippen molar-refractivity contribution >= 4 is 17.5 Å². The molecule has 7 heteroatoms. The summed E-state index contributed by atoms with van der Waals surface area (Å²) in [6.45, 7) is 2.36. The highest BCUT2D eigenvalue weighted by Gasteiger charge is 2.13. The Kier molecular flexibility index (Phi) is 6.16. The normalized spacial score (nSPS) is 10.4. The average molecular weight is 380 g/mol. The van der Waals surface area contributed by atoms with Gasteiger partial charge in [0.05, 0.1) is 12.8 Å². The lowest BCUT2D eigenvalue weighted by atomic mass is 10.1. The molecule has 0 radical (unpaired) electrons. The number of ether oxygens (including phenoxy) is 1. The number of halogens is 1. The van der Waals surface area contributed by atoms with Crippen LogP contribution in [0.4, 0.5) is 16.0 Å². The number of methoxy groups -OCH3 is 1. The fourth-order valence-corrected chi connectivity index (χ4v) is 2.66. The molecular formula is C21H21FN4O2. The highest BCUT2D eigenvalue weighted by atomic mass is 19.1. The Balaban J connectivity index is 1.65. The van der Waals surface area contributed by atoms with Gasteiger partial charge in [-0.2, -0.15) is 0 Å². The van der Waals surface area contributed by atoms with Crippen molar-refractivity contribution in [3.63, 3.8) is 0 Å². The second-order valence-electron chi connectivity index (χ2n) is 6.18. The predicted octanol–water partition coefficient (Wildman–Crippen LogP) is 3.84. The van der Waals surface area contributed by atoms with Crippen LogP contribution in [0.25, 0.3) is 0 Å². The summed E-state index contributed by atoms with van der Waals surface area (Å²) in [5.41, 5.74) is 2.02. The first-order chi connectivity index (χ1) is 13.5. The number of aromatic nitrogens is 2. The van der Waals surface area contributed by atoms with Gasteiger partial charge >= 0.3 is 0 Å².